The minimum atomic E-state index is 0.0726. The van der Waals surface area contributed by atoms with Gasteiger partial charge in [0.15, 0.2) is 0 Å². The van der Waals surface area contributed by atoms with E-state index in [0.717, 1.165) is 51.5 Å². The molecule has 0 aliphatic carbocycles. The first-order valence-electron chi connectivity index (χ1n) is 8.16. The highest BCUT2D eigenvalue weighted by Crippen LogP contribution is 2.23. The van der Waals surface area contributed by atoms with Crippen molar-refractivity contribution in [2.45, 2.75) is 25.8 Å². The minimum absolute atomic E-state index is 0.0726. The Hall–Kier alpha value is -1.69. The van der Waals surface area contributed by atoms with Crippen LogP contribution < -0.4 is 4.90 Å². The molecule has 1 aromatic rings. The summed E-state index contributed by atoms with van der Waals surface area (Å²) in [6.45, 7) is 6.59. The molecule has 3 heterocycles. The predicted octanol–water partition coefficient (Wildman–Crippen LogP) is 0.855. The molecule has 2 fully saturated rings. The van der Waals surface area contributed by atoms with Crippen molar-refractivity contribution in [3.8, 4) is 0 Å². The summed E-state index contributed by atoms with van der Waals surface area (Å²) in [4.78, 5) is 28.0. The van der Waals surface area contributed by atoms with Gasteiger partial charge in [-0.3, -0.25) is 4.79 Å². The van der Waals surface area contributed by atoms with E-state index < -0.39 is 0 Å². The first-order valence-corrected chi connectivity index (χ1v) is 8.16. The van der Waals surface area contributed by atoms with Crippen molar-refractivity contribution < 1.29 is 4.79 Å². The second kappa shape index (κ2) is 6.60. The molecule has 0 spiro atoms. The van der Waals surface area contributed by atoms with Crippen molar-refractivity contribution in [1.82, 2.24) is 19.8 Å². The monoisotopic (exact) mass is 303 g/mol. The molecule has 0 bridgehead atoms. The fraction of sp³-hybridized carbons (Fsp3) is 0.688. The molecule has 22 heavy (non-hydrogen) atoms. The van der Waals surface area contributed by atoms with E-state index in [1.807, 2.05) is 6.07 Å². The van der Waals surface area contributed by atoms with Gasteiger partial charge in [-0.15, -0.1) is 0 Å². The highest BCUT2D eigenvalue weighted by molar-refractivity contribution is 5.80. The standard InChI is InChI=1S/C16H25N5O/c1-13-11-19(2)9-10-21(13)15(22)14-5-3-8-20(12-14)16-17-6-4-7-18-16/h4,6-7,13-14H,3,5,8-12H2,1-2H3/t13-,14+/m1/s1. The number of likely N-dealkylation sites (N-methyl/N-ethyl adjacent to an activating group) is 1. The summed E-state index contributed by atoms with van der Waals surface area (Å²) >= 11 is 0. The van der Waals surface area contributed by atoms with Gasteiger partial charge in [-0.05, 0) is 32.9 Å². The average Bonchev–Trinajstić information content (AvgIpc) is 2.55. The maximum absolute atomic E-state index is 12.9. The van der Waals surface area contributed by atoms with E-state index in [9.17, 15) is 4.79 Å². The van der Waals surface area contributed by atoms with E-state index >= 15 is 0 Å². The number of rotatable bonds is 2. The van der Waals surface area contributed by atoms with Crippen LogP contribution in [0.1, 0.15) is 19.8 Å². The van der Waals surface area contributed by atoms with E-state index in [4.69, 9.17) is 0 Å². The maximum atomic E-state index is 12.9. The molecule has 0 N–H and O–H groups in total. The van der Waals surface area contributed by atoms with Gasteiger partial charge in [-0.1, -0.05) is 0 Å². The molecule has 2 saturated heterocycles. The number of aromatic nitrogens is 2. The number of hydrogen-bond donors (Lipinski definition) is 0. The molecule has 1 amide bonds. The number of piperazine rings is 1. The summed E-state index contributed by atoms with van der Waals surface area (Å²) in [7, 11) is 2.12. The molecule has 2 aliphatic rings. The Morgan fingerprint density at radius 1 is 1.18 bits per heavy atom. The zero-order chi connectivity index (χ0) is 15.5. The van der Waals surface area contributed by atoms with Crippen LogP contribution in [0.2, 0.25) is 0 Å². The van der Waals surface area contributed by atoms with Crippen LogP contribution in [0.15, 0.2) is 18.5 Å². The van der Waals surface area contributed by atoms with Crippen molar-refractivity contribution in [1.29, 1.82) is 0 Å². The molecule has 2 aliphatic heterocycles. The Kier molecular flexibility index (Phi) is 4.57. The van der Waals surface area contributed by atoms with Gasteiger partial charge >= 0.3 is 0 Å². The van der Waals surface area contributed by atoms with Gasteiger partial charge in [-0.25, -0.2) is 9.97 Å². The van der Waals surface area contributed by atoms with Gasteiger partial charge < -0.3 is 14.7 Å². The summed E-state index contributed by atoms with van der Waals surface area (Å²) in [5, 5.41) is 0. The van der Waals surface area contributed by atoms with E-state index in [-0.39, 0.29) is 5.92 Å². The number of amides is 1. The SMILES string of the molecule is C[C@@H]1CN(C)CCN1C(=O)[C@H]1CCCN(c2ncccn2)C1. The van der Waals surface area contributed by atoms with Crippen LogP contribution in [-0.2, 0) is 4.79 Å². The van der Waals surface area contributed by atoms with Crippen molar-refractivity contribution in [2.24, 2.45) is 5.92 Å². The molecule has 0 saturated carbocycles. The zero-order valence-electron chi connectivity index (χ0n) is 13.5. The number of carbonyl (C=O) groups is 1. The molecule has 6 nitrogen and oxygen atoms in total. The summed E-state index contributed by atoms with van der Waals surface area (Å²) in [6, 6.07) is 2.12. The number of nitrogens with zero attached hydrogens (tertiary/aromatic N) is 5. The molecule has 2 atom stereocenters. The fourth-order valence-electron chi connectivity index (χ4n) is 3.52. The van der Waals surface area contributed by atoms with Gasteiger partial charge in [0.05, 0.1) is 5.92 Å². The normalized spacial score (nSPS) is 27.0. The lowest BCUT2D eigenvalue weighted by Gasteiger charge is -2.41. The van der Waals surface area contributed by atoms with E-state index in [2.05, 4.69) is 38.6 Å². The predicted molar refractivity (Wildman–Crippen MR) is 85.6 cm³/mol. The summed E-state index contributed by atoms with van der Waals surface area (Å²) in [5.41, 5.74) is 0. The van der Waals surface area contributed by atoms with E-state index in [0.29, 0.717) is 11.9 Å². The van der Waals surface area contributed by atoms with Gasteiger partial charge in [0.2, 0.25) is 11.9 Å². The molecule has 0 radical (unpaired) electrons. The summed E-state index contributed by atoms with van der Waals surface area (Å²) in [5.74, 6) is 1.12. The number of carbonyl (C=O) groups excluding carboxylic acids is 1. The largest absolute Gasteiger partial charge is 0.340 e. The average molecular weight is 303 g/mol. The third-order valence-electron chi connectivity index (χ3n) is 4.72. The quantitative estimate of drug-likeness (QED) is 0.811. The Balaban J connectivity index is 1.65. The minimum Gasteiger partial charge on any atom is -0.340 e. The van der Waals surface area contributed by atoms with E-state index in [1.165, 1.54) is 0 Å². The molecular weight excluding hydrogens is 278 g/mol. The van der Waals surface area contributed by atoms with Crippen molar-refractivity contribution in [2.75, 3.05) is 44.7 Å². The lowest BCUT2D eigenvalue weighted by molar-refractivity contribution is -0.140. The van der Waals surface area contributed by atoms with Crippen LogP contribution in [0.4, 0.5) is 5.95 Å². The second-order valence-corrected chi connectivity index (χ2v) is 6.48. The fourth-order valence-corrected chi connectivity index (χ4v) is 3.52. The molecule has 0 aromatic carbocycles. The van der Waals surface area contributed by atoms with Crippen LogP contribution >= 0.6 is 0 Å². The Morgan fingerprint density at radius 3 is 2.68 bits per heavy atom. The van der Waals surface area contributed by atoms with Crippen molar-refractivity contribution >= 4 is 11.9 Å². The maximum Gasteiger partial charge on any atom is 0.227 e. The number of piperidine rings is 1. The molecule has 0 unspecified atom stereocenters. The summed E-state index contributed by atoms with van der Waals surface area (Å²) < 4.78 is 0. The third-order valence-corrected chi connectivity index (χ3v) is 4.72. The smallest absolute Gasteiger partial charge is 0.227 e. The van der Waals surface area contributed by atoms with Gasteiger partial charge in [0, 0.05) is 51.2 Å². The van der Waals surface area contributed by atoms with Crippen molar-refractivity contribution in [3.63, 3.8) is 0 Å². The highest BCUT2D eigenvalue weighted by atomic mass is 16.2. The van der Waals surface area contributed by atoms with Crippen LogP contribution in [0.25, 0.3) is 0 Å². The lowest BCUT2D eigenvalue weighted by Crippen LogP contribution is -2.56. The lowest BCUT2D eigenvalue weighted by atomic mass is 9.95. The Bertz CT molecular complexity index is 509. The van der Waals surface area contributed by atoms with Crippen LogP contribution in [-0.4, -0.2) is 71.5 Å². The van der Waals surface area contributed by atoms with Gasteiger partial charge in [0.25, 0.3) is 0 Å². The van der Waals surface area contributed by atoms with Crippen molar-refractivity contribution in [3.05, 3.63) is 18.5 Å². The zero-order valence-corrected chi connectivity index (χ0v) is 13.5. The Morgan fingerprint density at radius 2 is 1.95 bits per heavy atom. The van der Waals surface area contributed by atoms with E-state index in [1.54, 1.807) is 12.4 Å². The highest BCUT2D eigenvalue weighted by Gasteiger charge is 2.33. The Labute approximate surface area is 132 Å². The molecule has 6 heteroatoms. The second-order valence-electron chi connectivity index (χ2n) is 6.48. The number of anilines is 1. The number of hydrogen-bond acceptors (Lipinski definition) is 5. The molecule has 1 aromatic heterocycles. The van der Waals surface area contributed by atoms with Gasteiger partial charge in [0.1, 0.15) is 0 Å². The summed E-state index contributed by atoms with van der Waals surface area (Å²) in [6.07, 6.45) is 5.52. The van der Waals surface area contributed by atoms with Crippen LogP contribution in [0.5, 0.6) is 0 Å². The first-order chi connectivity index (χ1) is 10.6. The molecule has 3 rings (SSSR count). The third kappa shape index (κ3) is 3.21. The molecular formula is C16H25N5O. The van der Waals surface area contributed by atoms with Gasteiger partial charge in [-0.2, -0.15) is 0 Å². The first kappa shape index (κ1) is 15.2. The van der Waals surface area contributed by atoms with Crippen LogP contribution in [0.3, 0.4) is 0 Å². The van der Waals surface area contributed by atoms with Crippen LogP contribution in [0, 0.1) is 5.92 Å². The topological polar surface area (TPSA) is 52.6 Å². The molecule has 120 valence electrons.